The van der Waals surface area contributed by atoms with Crippen molar-refractivity contribution in [3.63, 3.8) is 0 Å². The number of hydrogen-bond acceptors (Lipinski definition) is 4. The molecule has 0 spiro atoms. The Hall–Kier alpha value is -8.34. The van der Waals surface area contributed by atoms with E-state index in [-0.39, 0.29) is 0 Å². The molecule has 0 N–H and O–H groups in total. The molecule has 0 saturated heterocycles. The molecule has 2 aromatic heterocycles. The van der Waals surface area contributed by atoms with Crippen molar-refractivity contribution in [2.24, 2.45) is 0 Å². The second kappa shape index (κ2) is 14.7. The summed E-state index contributed by atoms with van der Waals surface area (Å²) in [7, 11) is 0. The molecule has 10 aromatic carbocycles. The molecule has 0 aliphatic heterocycles. The maximum Gasteiger partial charge on any atom is 0.164 e. The van der Waals surface area contributed by atoms with Crippen LogP contribution < -0.4 is 0 Å². The van der Waals surface area contributed by atoms with Crippen molar-refractivity contribution in [3.05, 3.63) is 219 Å². The Kier molecular flexibility index (Phi) is 8.46. The highest BCUT2D eigenvalue weighted by atomic mass is 15.0. The molecule has 4 nitrogen and oxygen atoms in total. The van der Waals surface area contributed by atoms with E-state index in [4.69, 9.17) is 15.0 Å². The fourth-order valence-corrected chi connectivity index (χ4v) is 9.09. The van der Waals surface area contributed by atoms with Gasteiger partial charge in [-0.05, 0) is 130 Å². The lowest BCUT2D eigenvalue weighted by Gasteiger charge is -2.16. The molecule has 0 radical (unpaired) electrons. The van der Waals surface area contributed by atoms with Gasteiger partial charge in [0.1, 0.15) is 0 Å². The zero-order chi connectivity index (χ0) is 41.0. The van der Waals surface area contributed by atoms with E-state index >= 15 is 0 Å². The van der Waals surface area contributed by atoms with E-state index in [9.17, 15) is 0 Å². The number of fused-ring (bicyclic) bond motifs is 7. The monoisotopic (exact) mass is 788 g/mol. The lowest BCUT2D eigenvalue weighted by atomic mass is 9.88. The van der Waals surface area contributed by atoms with E-state index in [1.165, 1.54) is 48.5 Å². The quantitative estimate of drug-likeness (QED) is 0.158. The molecule has 2 heterocycles. The third-order valence-corrected chi connectivity index (χ3v) is 12.1. The maximum absolute atomic E-state index is 5.33. The summed E-state index contributed by atoms with van der Waals surface area (Å²) in [5, 5.41) is 12.0. The first-order valence-electron chi connectivity index (χ1n) is 20.9. The van der Waals surface area contributed by atoms with Crippen LogP contribution in [0, 0.1) is 0 Å². The number of hydrogen-bond donors (Lipinski definition) is 0. The summed E-state index contributed by atoms with van der Waals surface area (Å²) in [6.45, 7) is 0. The van der Waals surface area contributed by atoms with Gasteiger partial charge >= 0.3 is 0 Å². The topological polar surface area (TPSA) is 51.6 Å². The van der Waals surface area contributed by atoms with Crippen LogP contribution in [0.4, 0.5) is 0 Å². The van der Waals surface area contributed by atoms with Gasteiger partial charge in [-0.3, -0.25) is 4.98 Å². The van der Waals surface area contributed by atoms with Gasteiger partial charge in [-0.25, -0.2) is 15.0 Å². The predicted molar refractivity (Wildman–Crippen MR) is 258 cm³/mol. The minimum atomic E-state index is 0.604. The van der Waals surface area contributed by atoms with Crippen molar-refractivity contribution in [2.75, 3.05) is 0 Å². The molecular formula is C58H36N4. The highest BCUT2D eigenvalue weighted by Gasteiger charge is 2.18. The third kappa shape index (κ3) is 6.25. The average Bonchev–Trinajstić information content (AvgIpc) is 3.35. The molecule has 0 aliphatic rings. The van der Waals surface area contributed by atoms with Gasteiger partial charge in [-0.2, -0.15) is 0 Å². The first-order chi connectivity index (χ1) is 30.7. The third-order valence-electron chi connectivity index (χ3n) is 12.1. The normalized spacial score (nSPS) is 11.5. The molecule has 0 atom stereocenters. The van der Waals surface area contributed by atoms with Gasteiger partial charge in [0.25, 0.3) is 0 Å². The summed E-state index contributed by atoms with van der Waals surface area (Å²) < 4.78 is 0. The summed E-state index contributed by atoms with van der Waals surface area (Å²) in [5.74, 6) is 1.83. The highest BCUT2D eigenvalue weighted by molar-refractivity contribution is 6.16. The Morgan fingerprint density at radius 1 is 0.242 bits per heavy atom. The first-order valence-corrected chi connectivity index (χ1v) is 20.9. The number of rotatable bonds is 6. The molecule has 12 aromatic rings. The minimum Gasteiger partial charge on any atom is -0.264 e. The van der Waals surface area contributed by atoms with Crippen molar-refractivity contribution < 1.29 is 0 Å². The Morgan fingerprint density at radius 3 is 1.27 bits per heavy atom. The van der Waals surface area contributed by atoms with Crippen LogP contribution in [0.25, 0.3) is 121 Å². The predicted octanol–water partition coefficient (Wildman–Crippen LogP) is 15.0. The largest absolute Gasteiger partial charge is 0.264 e. The van der Waals surface area contributed by atoms with Crippen LogP contribution in [-0.2, 0) is 0 Å². The van der Waals surface area contributed by atoms with Crippen molar-refractivity contribution in [2.45, 2.75) is 0 Å². The number of pyridine rings is 1. The second-order valence-corrected chi connectivity index (χ2v) is 15.9. The molecule has 0 amide bonds. The number of aromatic nitrogens is 4. The van der Waals surface area contributed by atoms with Crippen LogP contribution in [-0.4, -0.2) is 19.9 Å². The molecule has 0 bridgehead atoms. The SMILES string of the molecule is c1cncc(-c2ccc(-c3nc(-c4cc(-c5cc6ccccc6c6ccccc56)cc(-c5cc6ccccc6c6ccccc56)c4)nc(-c4ccc5ccccc5c4)n3)cc2)c1. The molecule has 288 valence electrons. The zero-order valence-electron chi connectivity index (χ0n) is 33.6. The molecule has 62 heavy (non-hydrogen) atoms. The van der Waals surface area contributed by atoms with Gasteiger partial charge in [-0.1, -0.05) is 164 Å². The zero-order valence-corrected chi connectivity index (χ0v) is 33.6. The number of nitrogens with zero attached hydrogens (tertiary/aromatic N) is 4. The van der Waals surface area contributed by atoms with Crippen molar-refractivity contribution >= 4 is 53.9 Å². The second-order valence-electron chi connectivity index (χ2n) is 15.9. The first kappa shape index (κ1) is 35.6. The summed E-state index contributed by atoms with van der Waals surface area (Å²) in [6, 6.07) is 73.6. The molecule has 0 fully saturated rings. The Morgan fingerprint density at radius 2 is 0.694 bits per heavy atom. The van der Waals surface area contributed by atoms with Crippen molar-refractivity contribution in [1.29, 1.82) is 0 Å². The highest BCUT2D eigenvalue weighted by Crippen LogP contribution is 2.42. The Balaban J connectivity index is 1.13. The Bertz CT molecular complexity index is 3550. The lowest BCUT2D eigenvalue weighted by Crippen LogP contribution is -2.01. The van der Waals surface area contributed by atoms with Gasteiger partial charge in [-0.15, -0.1) is 0 Å². The minimum absolute atomic E-state index is 0.604. The van der Waals surface area contributed by atoms with E-state index in [0.29, 0.717) is 17.5 Å². The average molecular weight is 789 g/mol. The van der Waals surface area contributed by atoms with Gasteiger partial charge in [0, 0.05) is 29.1 Å². The smallest absolute Gasteiger partial charge is 0.164 e. The molecule has 0 unspecified atom stereocenters. The summed E-state index contributed by atoms with van der Waals surface area (Å²) in [6.07, 6.45) is 3.68. The molecule has 0 saturated carbocycles. The van der Waals surface area contributed by atoms with Crippen LogP contribution in [0.5, 0.6) is 0 Å². The molecular weight excluding hydrogens is 753 g/mol. The van der Waals surface area contributed by atoms with Gasteiger partial charge in [0.2, 0.25) is 0 Å². The van der Waals surface area contributed by atoms with E-state index in [1.54, 1.807) is 6.20 Å². The summed E-state index contributed by atoms with van der Waals surface area (Å²) in [4.78, 5) is 20.2. The standard InChI is InChI=1S/C58H36N4/c1-2-13-40-30-43(28-25-37(40)12-1)57-60-56(39-26-23-38(24-27-39)44-16-11-29-59-36-44)61-58(62-57)47-32-45(54-34-41-14-3-5-17-48(41)50-19-7-9-21-52(50)54)31-46(33-47)55-35-42-15-4-6-18-49(42)51-20-8-10-22-53(51)55/h1-36H. The molecule has 12 rings (SSSR count). The van der Waals surface area contributed by atoms with Crippen LogP contribution in [0.3, 0.4) is 0 Å². The van der Waals surface area contributed by atoms with Gasteiger partial charge in [0.05, 0.1) is 0 Å². The number of benzene rings is 10. The summed E-state index contributed by atoms with van der Waals surface area (Å²) >= 11 is 0. The molecule has 0 aliphatic carbocycles. The van der Waals surface area contributed by atoms with Crippen molar-refractivity contribution in [1.82, 2.24) is 19.9 Å². The lowest BCUT2D eigenvalue weighted by molar-refractivity contribution is 1.07. The summed E-state index contributed by atoms with van der Waals surface area (Å²) in [5.41, 5.74) is 9.36. The fraction of sp³-hybridized carbons (Fsp3) is 0. The van der Waals surface area contributed by atoms with Crippen LogP contribution in [0.2, 0.25) is 0 Å². The van der Waals surface area contributed by atoms with Crippen LogP contribution in [0.15, 0.2) is 219 Å². The van der Waals surface area contributed by atoms with E-state index in [1.807, 2.05) is 12.3 Å². The Labute approximate surface area is 358 Å². The maximum atomic E-state index is 5.33. The van der Waals surface area contributed by atoms with Crippen LogP contribution in [0.1, 0.15) is 0 Å². The van der Waals surface area contributed by atoms with E-state index < -0.39 is 0 Å². The molecule has 4 heteroatoms. The van der Waals surface area contributed by atoms with Gasteiger partial charge in [0.15, 0.2) is 17.5 Å². The van der Waals surface area contributed by atoms with E-state index in [0.717, 1.165) is 55.5 Å². The van der Waals surface area contributed by atoms with Crippen LogP contribution >= 0.6 is 0 Å². The van der Waals surface area contributed by atoms with E-state index in [2.05, 4.69) is 205 Å². The fourth-order valence-electron chi connectivity index (χ4n) is 9.09. The van der Waals surface area contributed by atoms with Gasteiger partial charge < -0.3 is 0 Å². The van der Waals surface area contributed by atoms with Crippen molar-refractivity contribution in [3.8, 4) is 67.5 Å².